The topological polar surface area (TPSA) is 87.6 Å². The maximum Gasteiger partial charge on any atom is 0.336 e. The summed E-state index contributed by atoms with van der Waals surface area (Å²) in [5.41, 5.74) is 3.66. The van der Waals surface area contributed by atoms with Gasteiger partial charge in [-0.2, -0.15) is 0 Å². The summed E-state index contributed by atoms with van der Waals surface area (Å²) in [6, 6.07) is 12.5. The zero-order chi connectivity index (χ0) is 23.7. The number of carboxylic acid groups (broad SMARTS) is 1. The Hall–Kier alpha value is -3.06. The summed E-state index contributed by atoms with van der Waals surface area (Å²) in [6.45, 7) is 2.01. The lowest BCUT2D eigenvalue weighted by Gasteiger charge is -2.19. The number of pyridine rings is 1. The highest BCUT2D eigenvalue weighted by atomic mass is 79.9. The predicted octanol–water partition coefficient (Wildman–Crippen LogP) is 5.46. The van der Waals surface area contributed by atoms with Crippen molar-refractivity contribution in [2.45, 2.75) is 32.6 Å². The molecule has 2 heterocycles. The number of hydrogen-bond acceptors (Lipinski definition) is 4. The van der Waals surface area contributed by atoms with Crippen LogP contribution < -0.4 is 4.90 Å². The largest absolute Gasteiger partial charge is 0.478 e. The predicted molar refractivity (Wildman–Crippen MR) is 132 cm³/mol. The number of imide groups is 1. The third-order valence-electron chi connectivity index (χ3n) is 7.92. The molecule has 6 rings (SSSR count). The molecule has 2 saturated carbocycles. The molecular formula is C27H23BrN2O4. The molecule has 0 radical (unpaired) electrons. The lowest BCUT2D eigenvalue weighted by atomic mass is 9.81. The van der Waals surface area contributed by atoms with E-state index < -0.39 is 5.97 Å². The Kier molecular flexibility index (Phi) is 4.88. The minimum atomic E-state index is -1.01. The number of carbonyl (C=O) groups excluding carboxylic acids is 2. The maximum atomic E-state index is 13.1. The fraction of sp³-hybridized carbons (Fsp3) is 0.333. The number of amides is 2. The molecule has 0 spiro atoms. The molecule has 34 heavy (non-hydrogen) atoms. The number of rotatable bonds is 4. The van der Waals surface area contributed by atoms with E-state index in [4.69, 9.17) is 4.98 Å². The SMILES string of the molecule is CCc1cc(Br)cc2c(C(=O)O)cc(-c3ccc(N4C(=O)C5C6CCC(C6)C5C4=O)cc3)nc12. The second-order valence-corrected chi connectivity index (χ2v) is 10.5. The number of aromatic nitrogens is 1. The van der Waals surface area contributed by atoms with E-state index in [0.29, 0.717) is 40.5 Å². The Labute approximate surface area is 205 Å². The van der Waals surface area contributed by atoms with Gasteiger partial charge < -0.3 is 5.11 Å². The van der Waals surface area contributed by atoms with Crippen LogP contribution in [0.2, 0.25) is 0 Å². The van der Waals surface area contributed by atoms with E-state index in [9.17, 15) is 19.5 Å². The van der Waals surface area contributed by atoms with Crippen LogP contribution in [-0.4, -0.2) is 27.9 Å². The van der Waals surface area contributed by atoms with Crippen LogP contribution in [0.3, 0.4) is 0 Å². The van der Waals surface area contributed by atoms with E-state index in [1.807, 2.05) is 25.1 Å². The van der Waals surface area contributed by atoms with E-state index in [0.717, 1.165) is 34.9 Å². The highest BCUT2D eigenvalue weighted by molar-refractivity contribution is 9.10. The van der Waals surface area contributed by atoms with Crippen LogP contribution in [0.4, 0.5) is 5.69 Å². The molecule has 2 aliphatic carbocycles. The first-order valence-electron chi connectivity index (χ1n) is 11.7. The second-order valence-electron chi connectivity index (χ2n) is 9.62. The van der Waals surface area contributed by atoms with Gasteiger partial charge in [0.25, 0.3) is 0 Å². The van der Waals surface area contributed by atoms with Gasteiger partial charge in [0.15, 0.2) is 0 Å². The summed E-state index contributed by atoms with van der Waals surface area (Å²) in [4.78, 5) is 44.5. The highest BCUT2D eigenvalue weighted by Crippen LogP contribution is 2.56. The summed E-state index contributed by atoms with van der Waals surface area (Å²) < 4.78 is 0.816. The molecule has 172 valence electrons. The van der Waals surface area contributed by atoms with E-state index in [2.05, 4.69) is 15.9 Å². The van der Waals surface area contributed by atoms with Gasteiger partial charge in [-0.1, -0.05) is 35.0 Å². The van der Waals surface area contributed by atoms with Crippen LogP contribution in [0.5, 0.6) is 0 Å². The zero-order valence-corrected chi connectivity index (χ0v) is 20.2. The van der Waals surface area contributed by atoms with Crippen molar-refractivity contribution in [3.63, 3.8) is 0 Å². The number of hydrogen-bond donors (Lipinski definition) is 1. The Bertz CT molecular complexity index is 1360. The lowest BCUT2D eigenvalue weighted by molar-refractivity contribution is -0.123. The molecule has 1 aromatic heterocycles. The molecule has 7 heteroatoms. The van der Waals surface area contributed by atoms with Gasteiger partial charge in [-0.15, -0.1) is 0 Å². The van der Waals surface area contributed by atoms with Gasteiger partial charge in [0, 0.05) is 15.4 Å². The Morgan fingerprint density at radius 1 is 1.06 bits per heavy atom. The van der Waals surface area contributed by atoms with Crippen molar-refractivity contribution in [1.82, 2.24) is 4.98 Å². The van der Waals surface area contributed by atoms with Gasteiger partial charge >= 0.3 is 5.97 Å². The third-order valence-corrected chi connectivity index (χ3v) is 8.37. The fourth-order valence-corrected chi connectivity index (χ4v) is 6.90. The number of halogens is 1. The van der Waals surface area contributed by atoms with Crippen molar-refractivity contribution >= 4 is 50.3 Å². The standard InChI is InChI=1S/C27H23BrN2O4/c1-2-13-10-17(28)11-19-20(27(33)34)12-21(29-24(13)19)14-5-7-18(8-6-14)30-25(31)22-15-3-4-16(9-15)23(22)26(30)32/h5-8,10-12,15-16,22-23H,2-4,9H2,1H3,(H,33,34). The van der Waals surface area contributed by atoms with E-state index >= 15 is 0 Å². The van der Waals surface area contributed by atoms with Crippen LogP contribution in [0.15, 0.2) is 46.9 Å². The molecule has 1 N–H and O–H groups in total. The quantitative estimate of drug-likeness (QED) is 0.463. The molecular weight excluding hydrogens is 496 g/mol. The van der Waals surface area contributed by atoms with Crippen molar-refractivity contribution in [2.75, 3.05) is 4.90 Å². The number of fused-ring (bicyclic) bond motifs is 6. The molecule has 1 saturated heterocycles. The summed E-state index contributed by atoms with van der Waals surface area (Å²) in [5.74, 6) is -0.759. The van der Waals surface area contributed by atoms with Gasteiger partial charge in [-0.05, 0) is 73.4 Å². The molecule has 4 atom stereocenters. The maximum absolute atomic E-state index is 13.1. The zero-order valence-electron chi connectivity index (χ0n) is 18.6. The first-order chi connectivity index (χ1) is 16.4. The van der Waals surface area contributed by atoms with Gasteiger partial charge in [0.2, 0.25) is 11.8 Å². The molecule has 1 aliphatic heterocycles. The average molecular weight is 519 g/mol. The van der Waals surface area contributed by atoms with Gasteiger partial charge in [0.05, 0.1) is 34.3 Å². The van der Waals surface area contributed by atoms with Crippen LogP contribution in [0.25, 0.3) is 22.2 Å². The summed E-state index contributed by atoms with van der Waals surface area (Å²) >= 11 is 3.47. The molecule has 2 amide bonds. The van der Waals surface area contributed by atoms with E-state index in [-0.39, 0.29) is 29.2 Å². The van der Waals surface area contributed by atoms with Crippen LogP contribution in [0, 0.1) is 23.7 Å². The molecule has 6 nitrogen and oxygen atoms in total. The first-order valence-corrected chi connectivity index (χ1v) is 12.5. The Morgan fingerprint density at radius 2 is 1.71 bits per heavy atom. The first kappa shape index (κ1) is 21.5. The van der Waals surface area contributed by atoms with Gasteiger partial charge in [-0.3, -0.25) is 14.5 Å². The summed E-state index contributed by atoms with van der Waals surface area (Å²) in [5, 5.41) is 10.4. The molecule has 2 aromatic carbocycles. The highest BCUT2D eigenvalue weighted by Gasteiger charge is 2.61. The van der Waals surface area contributed by atoms with Crippen molar-refractivity contribution in [1.29, 1.82) is 0 Å². The van der Waals surface area contributed by atoms with E-state index in [1.165, 1.54) is 4.90 Å². The number of nitrogens with zero attached hydrogens (tertiary/aromatic N) is 2. The minimum absolute atomic E-state index is 0.0647. The van der Waals surface area contributed by atoms with Gasteiger partial charge in [-0.25, -0.2) is 9.78 Å². The minimum Gasteiger partial charge on any atom is -0.478 e. The molecule has 4 unspecified atom stereocenters. The molecule has 3 fully saturated rings. The molecule has 3 aromatic rings. The smallest absolute Gasteiger partial charge is 0.336 e. The average Bonchev–Trinajstić information content (AvgIpc) is 3.51. The number of anilines is 1. The summed E-state index contributed by atoms with van der Waals surface area (Å²) in [7, 11) is 0. The summed E-state index contributed by atoms with van der Waals surface area (Å²) in [6.07, 6.45) is 3.82. The normalized spacial score (nSPS) is 25.4. The van der Waals surface area contributed by atoms with E-state index in [1.54, 1.807) is 24.3 Å². The van der Waals surface area contributed by atoms with Crippen molar-refractivity contribution < 1.29 is 19.5 Å². The van der Waals surface area contributed by atoms with Crippen molar-refractivity contribution in [3.8, 4) is 11.3 Å². The Morgan fingerprint density at radius 3 is 2.29 bits per heavy atom. The molecule has 2 bridgehead atoms. The third kappa shape index (κ3) is 3.06. The number of carboxylic acids is 1. The lowest BCUT2D eigenvalue weighted by Crippen LogP contribution is -2.32. The second kappa shape index (κ2) is 7.73. The van der Waals surface area contributed by atoms with Crippen LogP contribution in [0.1, 0.15) is 42.1 Å². The van der Waals surface area contributed by atoms with Gasteiger partial charge in [0.1, 0.15) is 0 Å². The van der Waals surface area contributed by atoms with Crippen LogP contribution in [-0.2, 0) is 16.0 Å². The fourth-order valence-electron chi connectivity index (χ4n) is 6.40. The Balaban J connectivity index is 1.39. The molecule has 3 aliphatic rings. The number of aryl methyl sites for hydroxylation is 1. The monoisotopic (exact) mass is 518 g/mol. The number of benzene rings is 2. The number of aromatic carboxylic acids is 1. The van der Waals surface area contributed by atoms with Crippen molar-refractivity contribution in [3.05, 3.63) is 58.1 Å². The van der Waals surface area contributed by atoms with Crippen LogP contribution >= 0.6 is 15.9 Å². The number of carbonyl (C=O) groups is 3. The van der Waals surface area contributed by atoms with Crippen molar-refractivity contribution in [2.24, 2.45) is 23.7 Å².